The van der Waals surface area contributed by atoms with Crippen LogP contribution in [0.1, 0.15) is 19.8 Å². The molecule has 0 bridgehead atoms. The van der Waals surface area contributed by atoms with Gasteiger partial charge in [0, 0.05) is 5.02 Å². The predicted molar refractivity (Wildman–Crippen MR) is 76.6 cm³/mol. The van der Waals surface area contributed by atoms with Crippen molar-refractivity contribution in [3.63, 3.8) is 0 Å². The zero-order chi connectivity index (χ0) is 14.3. The number of hydrogen-bond acceptors (Lipinski definition) is 3. The van der Waals surface area contributed by atoms with E-state index in [1.807, 2.05) is 6.92 Å². The summed E-state index contributed by atoms with van der Waals surface area (Å²) < 4.78 is 39.1. The summed E-state index contributed by atoms with van der Waals surface area (Å²) in [4.78, 5) is 0. The average molecular weight is 309 g/mol. The molecular formula is C12H18ClFN2O2S. The molecule has 0 aliphatic carbocycles. The van der Waals surface area contributed by atoms with Crippen molar-refractivity contribution >= 4 is 27.3 Å². The van der Waals surface area contributed by atoms with Crippen LogP contribution >= 0.6 is 11.6 Å². The first-order chi connectivity index (χ1) is 8.94. The lowest BCUT2D eigenvalue weighted by Crippen LogP contribution is -2.22. The lowest BCUT2D eigenvalue weighted by Gasteiger charge is -2.09. The molecule has 7 heteroatoms. The minimum Gasteiger partial charge on any atom is -0.317 e. The van der Waals surface area contributed by atoms with Crippen LogP contribution in [0.3, 0.4) is 0 Å². The summed E-state index contributed by atoms with van der Waals surface area (Å²) in [5, 5.41) is 3.39. The minimum absolute atomic E-state index is 0.0599. The van der Waals surface area contributed by atoms with Crippen molar-refractivity contribution < 1.29 is 12.8 Å². The van der Waals surface area contributed by atoms with Gasteiger partial charge >= 0.3 is 0 Å². The van der Waals surface area contributed by atoms with Crippen LogP contribution in [-0.4, -0.2) is 27.3 Å². The number of hydrogen-bond donors (Lipinski definition) is 2. The van der Waals surface area contributed by atoms with Gasteiger partial charge in [-0.25, -0.2) is 12.8 Å². The fraction of sp³-hybridized carbons (Fsp3) is 0.500. The monoisotopic (exact) mass is 308 g/mol. The standard InChI is InChI=1S/C12H18ClFN2O2S/c1-2-6-15-7-3-8-19(17,18)16-12-9-10(13)4-5-11(12)14/h4-5,9,15-16H,2-3,6-8H2,1H3. The van der Waals surface area contributed by atoms with Crippen LogP contribution in [0, 0.1) is 5.82 Å². The zero-order valence-electron chi connectivity index (χ0n) is 10.7. The van der Waals surface area contributed by atoms with Crippen LogP contribution in [0.4, 0.5) is 10.1 Å². The third-order valence-corrected chi connectivity index (χ3v) is 3.98. The van der Waals surface area contributed by atoms with Crippen molar-refractivity contribution in [2.24, 2.45) is 0 Å². The van der Waals surface area contributed by atoms with Gasteiger partial charge in [0.05, 0.1) is 11.4 Å². The van der Waals surface area contributed by atoms with E-state index >= 15 is 0 Å². The Morgan fingerprint density at radius 3 is 2.74 bits per heavy atom. The van der Waals surface area contributed by atoms with E-state index in [9.17, 15) is 12.8 Å². The van der Waals surface area contributed by atoms with Crippen LogP contribution in [0.25, 0.3) is 0 Å². The molecule has 0 radical (unpaired) electrons. The SMILES string of the molecule is CCCNCCCS(=O)(=O)Nc1cc(Cl)ccc1F. The Kier molecular flexibility index (Phi) is 6.54. The van der Waals surface area contributed by atoms with E-state index in [1.54, 1.807) is 0 Å². The minimum atomic E-state index is -3.55. The third kappa shape index (κ3) is 6.22. The van der Waals surface area contributed by atoms with E-state index in [1.165, 1.54) is 12.1 Å². The van der Waals surface area contributed by atoms with Gasteiger partial charge in [-0.05, 0) is 44.1 Å². The maximum atomic E-state index is 13.4. The highest BCUT2D eigenvalue weighted by Gasteiger charge is 2.13. The molecule has 1 aromatic carbocycles. The number of halogens is 2. The van der Waals surface area contributed by atoms with Gasteiger partial charge in [0.1, 0.15) is 5.82 Å². The van der Waals surface area contributed by atoms with Crippen molar-refractivity contribution in [3.8, 4) is 0 Å². The van der Waals surface area contributed by atoms with E-state index in [0.29, 0.717) is 13.0 Å². The summed E-state index contributed by atoms with van der Waals surface area (Å²) >= 11 is 5.70. The molecule has 0 unspecified atom stereocenters. The van der Waals surface area contributed by atoms with Gasteiger partial charge in [-0.3, -0.25) is 4.72 Å². The maximum Gasteiger partial charge on any atom is 0.232 e. The van der Waals surface area contributed by atoms with Crippen LogP contribution in [0.5, 0.6) is 0 Å². The van der Waals surface area contributed by atoms with Crippen molar-refractivity contribution in [1.29, 1.82) is 0 Å². The van der Waals surface area contributed by atoms with Crippen LogP contribution < -0.4 is 10.0 Å². The lowest BCUT2D eigenvalue weighted by molar-refractivity contribution is 0.591. The number of anilines is 1. The molecule has 0 aliphatic heterocycles. The highest BCUT2D eigenvalue weighted by Crippen LogP contribution is 2.20. The lowest BCUT2D eigenvalue weighted by atomic mass is 10.3. The zero-order valence-corrected chi connectivity index (χ0v) is 12.3. The highest BCUT2D eigenvalue weighted by atomic mass is 35.5. The second-order valence-electron chi connectivity index (χ2n) is 4.15. The van der Waals surface area contributed by atoms with Crippen molar-refractivity contribution in [3.05, 3.63) is 29.0 Å². The first kappa shape index (κ1) is 16.2. The fourth-order valence-electron chi connectivity index (χ4n) is 1.48. The summed E-state index contributed by atoms with van der Waals surface area (Å²) in [6, 6.07) is 3.75. The summed E-state index contributed by atoms with van der Waals surface area (Å²) in [5.41, 5.74) is -0.117. The van der Waals surface area contributed by atoms with Crippen molar-refractivity contribution in [2.45, 2.75) is 19.8 Å². The van der Waals surface area contributed by atoms with E-state index in [2.05, 4.69) is 10.0 Å². The molecule has 108 valence electrons. The molecule has 0 aliphatic rings. The number of rotatable bonds is 8. The van der Waals surface area contributed by atoms with Gasteiger partial charge in [-0.2, -0.15) is 0 Å². The molecule has 1 rings (SSSR count). The van der Waals surface area contributed by atoms with E-state index in [-0.39, 0.29) is 16.5 Å². The van der Waals surface area contributed by atoms with Crippen LogP contribution in [0.2, 0.25) is 5.02 Å². The smallest absolute Gasteiger partial charge is 0.232 e. The molecular weight excluding hydrogens is 291 g/mol. The third-order valence-electron chi connectivity index (χ3n) is 2.39. The molecule has 0 amide bonds. The van der Waals surface area contributed by atoms with Gasteiger partial charge in [-0.15, -0.1) is 0 Å². The van der Waals surface area contributed by atoms with Gasteiger partial charge in [0.15, 0.2) is 0 Å². The van der Waals surface area contributed by atoms with Crippen molar-refractivity contribution in [2.75, 3.05) is 23.6 Å². The molecule has 0 fully saturated rings. The van der Waals surface area contributed by atoms with E-state index in [0.717, 1.165) is 19.0 Å². The van der Waals surface area contributed by atoms with Gasteiger partial charge in [-0.1, -0.05) is 18.5 Å². The Labute approximate surface area is 118 Å². The molecule has 19 heavy (non-hydrogen) atoms. The second-order valence-corrected chi connectivity index (χ2v) is 6.43. The average Bonchev–Trinajstić information content (AvgIpc) is 2.33. The van der Waals surface area contributed by atoms with Crippen molar-refractivity contribution in [1.82, 2.24) is 5.32 Å². The predicted octanol–water partition coefficient (Wildman–Crippen LogP) is 2.61. The largest absolute Gasteiger partial charge is 0.317 e. The molecule has 0 saturated heterocycles. The summed E-state index contributed by atoms with van der Waals surface area (Å²) in [5.74, 6) is -0.701. The topological polar surface area (TPSA) is 58.2 Å². The van der Waals surface area contributed by atoms with Crippen LogP contribution in [0.15, 0.2) is 18.2 Å². The van der Waals surface area contributed by atoms with Gasteiger partial charge < -0.3 is 5.32 Å². The number of benzene rings is 1. The first-order valence-corrected chi connectivity index (χ1v) is 8.14. The summed E-state index contributed by atoms with van der Waals surface area (Å²) in [7, 11) is -3.55. The maximum absolute atomic E-state index is 13.4. The number of nitrogens with one attached hydrogen (secondary N) is 2. The Balaban J connectivity index is 2.52. The van der Waals surface area contributed by atoms with Gasteiger partial charge in [0.25, 0.3) is 0 Å². The Hall–Kier alpha value is -0.850. The first-order valence-electron chi connectivity index (χ1n) is 6.11. The summed E-state index contributed by atoms with van der Waals surface area (Å²) in [6.07, 6.45) is 1.47. The quantitative estimate of drug-likeness (QED) is 0.726. The van der Waals surface area contributed by atoms with E-state index < -0.39 is 15.8 Å². The molecule has 0 saturated carbocycles. The molecule has 1 aromatic rings. The molecule has 0 atom stereocenters. The fourth-order valence-corrected chi connectivity index (χ4v) is 2.77. The molecule has 0 aromatic heterocycles. The normalized spacial score (nSPS) is 11.5. The van der Waals surface area contributed by atoms with Gasteiger partial charge in [0.2, 0.25) is 10.0 Å². The van der Waals surface area contributed by atoms with E-state index in [4.69, 9.17) is 11.6 Å². The Morgan fingerprint density at radius 1 is 1.32 bits per heavy atom. The molecule has 0 spiro atoms. The number of sulfonamides is 1. The Morgan fingerprint density at radius 2 is 2.05 bits per heavy atom. The van der Waals surface area contributed by atoms with Crippen LogP contribution in [-0.2, 0) is 10.0 Å². The molecule has 2 N–H and O–H groups in total. The molecule has 0 heterocycles. The molecule has 4 nitrogen and oxygen atoms in total. The summed E-state index contributed by atoms with van der Waals surface area (Å²) in [6.45, 7) is 3.51. The second kappa shape index (κ2) is 7.67. The highest BCUT2D eigenvalue weighted by molar-refractivity contribution is 7.92. The Bertz CT molecular complexity index is 508.